The van der Waals surface area contributed by atoms with Crippen molar-refractivity contribution in [2.75, 3.05) is 20.6 Å². The van der Waals surface area contributed by atoms with Crippen LogP contribution in [0, 0.1) is 0 Å². The largest absolute Gasteiger partial charge is 0.354 e. The monoisotopic (exact) mass is 344 g/mol. The summed E-state index contributed by atoms with van der Waals surface area (Å²) in [5.41, 5.74) is 1.45. The summed E-state index contributed by atoms with van der Waals surface area (Å²) in [5.74, 6) is 1.42. The van der Waals surface area contributed by atoms with Gasteiger partial charge in [0.1, 0.15) is 6.54 Å². The van der Waals surface area contributed by atoms with Crippen LogP contribution in [0.4, 0.5) is 0 Å². The topological polar surface area (TPSA) is 56.7 Å². The van der Waals surface area contributed by atoms with Gasteiger partial charge in [0.15, 0.2) is 5.96 Å². The average molecular weight is 345 g/mol. The van der Waals surface area contributed by atoms with Crippen molar-refractivity contribution >= 4 is 11.9 Å². The van der Waals surface area contributed by atoms with Gasteiger partial charge in [0.05, 0.1) is 0 Å². The highest BCUT2D eigenvalue weighted by molar-refractivity contribution is 5.85. The summed E-state index contributed by atoms with van der Waals surface area (Å²) in [4.78, 5) is 17.8. The Labute approximate surface area is 151 Å². The van der Waals surface area contributed by atoms with E-state index in [0.717, 1.165) is 18.8 Å². The van der Waals surface area contributed by atoms with Crippen molar-refractivity contribution in [2.45, 2.75) is 57.5 Å². The van der Waals surface area contributed by atoms with Crippen LogP contribution in [0.2, 0.25) is 0 Å². The highest BCUT2D eigenvalue weighted by Gasteiger charge is 2.23. The van der Waals surface area contributed by atoms with Crippen LogP contribution in [0.1, 0.15) is 51.0 Å². The van der Waals surface area contributed by atoms with Gasteiger partial charge in [0.2, 0.25) is 5.91 Å². The lowest BCUT2D eigenvalue weighted by Gasteiger charge is -2.31. The molecule has 5 heteroatoms. The van der Waals surface area contributed by atoms with Crippen LogP contribution in [0.5, 0.6) is 0 Å². The Morgan fingerprint density at radius 1 is 1.16 bits per heavy atom. The summed E-state index contributed by atoms with van der Waals surface area (Å²) < 4.78 is 0. The van der Waals surface area contributed by atoms with Crippen molar-refractivity contribution in [3.8, 4) is 0 Å². The molecule has 1 saturated carbocycles. The number of nitrogens with zero attached hydrogens (tertiary/aromatic N) is 2. The highest BCUT2D eigenvalue weighted by atomic mass is 16.2. The van der Waals surface area contributed by atoms with E-state index in [2.05, 4.69) is 59.8 Å². The number of rotatable bonds is 5. The number of amides is 1. The number of carbonyl (C=O) groups is 1. The minimum absolute atomic E-state index is 0.0117. The minimum Gasteiger partial charge on any atom is -0.354 e. The maximum absolute atomic E-state index is 11.8. The third kappa shape index (κ3) is 6.40. The first-order valence-corrected chi connectivity index (χ1v) is 9.28. The molecule has 1 aliphatic rings. The van der Waals surface area contributed by atoms with E-state index in [4.69, 9.17) is 0 Å². The molecule has 0 spiro atoms. The summed E-state index contributed by atoms with van der Waals surface area (Å²) in [5, 5.41) is 6.85. The molecular weight excluding hydrogens is 312 g/mol. The molecule has 2 N–H and O–H groups in total. The predicted molar refractivity (Wildman–Crippen MR) is 104 cm³/mol. The van der Waals surface area contributed by atoms with E-state index >= 15 is 0 Å². The van der Waals surface area contributed by atoms with Gasteiger partial charge >= 0.3 is 0 Å². The number of aliphatic imine (C=N–C) groups is 1. The van der Waals surface area contributed by atoms with Crippen LogP contribution >= 0.6 is 0 Å². The Balaban J connectivity index is 1.89. The van der Waals surface area contributed by atoms with E-state index < -0.39 is 0 Å². The molecule has 1 aromatic rings. The maximum Gasteiger partial charge on any atom is 0.243 e. The SMILES string of the molecule is CC(C)NC(=NCC(=O)N(C)C)NC1CCC(c2ccccc2)CC1. The average Bonchev–Trinajstić information content (AvgIpc) is 2.60. The van der Waals surface area contributed by atoms with E-state index in [1.54, 1.807) is 19.0 Å². The standard InChI is InChI=1S/C20H32N4O/c1-15(2)22-20(21-14-19(25)24(3)4)23-18-12-10-17(11-13-18)16-8-6-5-7-9-16/h5-9,15,17-18H,10-14H2,1-4H3,(H2,21,22,23). The summed E-state index contributed by atoms with van der Waals surface area (Å²) in [6.45, 7) is 4.34. The molecule has 0 heterocycles. The maximum atomic E-state index is 11.8. The Morgan fingerprint density at radius 3 is 2.36 bits per heavy atom. The second-order valence-electron chi connectivity index (χ2n) is 7.36. The number of likely N-dealkylation sites (N-methyl/N-ethyl adjacent to an activating group) is 1. The Kier molecular flexibility index (Phi) is 7.29. The van der Waals surface area contributed by atoms with Crippen molar-refractivity contribution in [1.82, 2.24) is 15.5 Å². The zero-order valence-electron chi connectivity index (χ0n) is 16.0. The summed E-state index contributed by atoms with van der Waals surface area (Å²) in [6.07, 6.45) is 4.63. The number of nitrogens with one attached hydrogen (secondary N) is 2. The van der Waals surface area contributed by atoms with Gasteiger partial charge in [-0.05, 0) is 51.0 Å². The van der Waals surface area contributed by atoms with Gasteiger partial charge in [0.25, 0.3) is 0 Å². The molecular formula is C20H32N4O. The molecule has 0 radical (unpaired) electrons. The molecule has 1 aromatic carbocycles. The second kappa shape index (κ2) is 9.44. The van der Waals surface area contributed by atoms with Gasteiger partial charge < -0.3 is 15.5 Å². The van der Waals surface area contributed by atoms with Crippen LogP contribution in [0.15, 0.2) is 35.3 Å². The second-order valence-corrected chi connectivity index (χ2v) is 7.36. The molecule has 25 heavy (non-hydrogen) atoms. The molecule has 0 saturated heterocycles. The smallest absolute Gasteiger partial charge is 0.243 e. The van der Waals surface area contributed by atoms with Gasteiger partial charge in [-0.1, -0.05) is 30.3 Å². The van der Waals surface area contributed by atoms with Crippen LogP contribution in [0.25, 0.3) is 0 Å². The lowest BCUT2D eigenvalue weighted by molar-refractivity contribution is -0.127. The fraction of sp³-hybridized carbons (Fsp3) is 0.600. The summed E-state index contributed by atoms with van der Waals surface area (Å²) in [6, 6.07) is 11.5. The number of guanidine groups is 1. The molecule has 138 valence electrons. The van der Waals surface area contributed by atoms with Gasteiger partial charge in [-0.15, -0.1) is 0 Å². The fourth-order valence-corrected chi connectivity index (χ4v) is 3.18. The van der Waals surface area contributed by atoms with Gasteiger partial charge in [-0.2, -0.15) is 0 Å². The van der Waals surface area contributed by atoms with Gasteiger partial charge in [-0.25, -0.2) is 4.99 Å². The Hall–Kier alpha value is -2.04. The van der Waals surface area contributed by atoms with E-state index in [-0.39, 0.29) is 18.5 Å². The van der Waals surface area contributed by atoms with Crippen molar-refractivity contribution < 1.29 is 4.79 Å². The van der Waals surface area contributed by atoms with Gasteiger partial charge in [-0.3, -0.25) is 4.79 Å². The third-order valence-electron chi connectivity index (χ3n) is 4.64. The number of benzene rings is 1. The van der Waals surface area contributed by atoms with Crippen LogP contribution in [-0.4, -0.2) is 49.5 Å². The lowest BCUT2D eigenvalue weighted by Crippen LogP contribution is -2.47. The van der Waals surface area contributed by atoms with Crippen LogP contribution < -0.4 is 10.6 Å². The lowest BCUT2D eigenvalue weighted by atomic mass is 9.82. The number of hydrogen-bond acceptors (Lipinski definition) is 2. The fourth-order valence-electron chi connectivity index (χ4n) is 3.18. The van der Waals surface area contributed by atoms with Crippen LogP contribution in [0.3, 0.4) is 0 Å². The van der Waals surface area contributed by atoms with Crippen LogP contribution in [-0.2, 0) is 4.79 Å². The van der Waals surface area contributed by atoms with E-state index in [9.17, 15) is 4.79 Å². The van der Waals surface area contributed by atoms with E-state index in [0.29, 0.717) is 12.0 Å². The van der Waals surface area contributed by atoms with E-state index in [1.807, 2.05) is 0 Å². The molecule has 0 bridgehead atoms. The molecule has 0 atom stereocenters. The zero-order chi connectivity index (χ0) is 18.2. The van der Waals surface area contributed by atoms with E-state index in [1.165, 1.54) is 18.4 Å². The Bertz CT molecular complexity index is 560. The van der Waals surface area contributed by atoms with Crippen molar-refractivity contribution in [3.63, 3.8) is 0 Å². The molecule has 0 unspecified atom stereocenters. The minimum atomic E-state index is 0.0117. The van der Waals surface area contributed by atoms with Crippen molar-refractivity contribution in [2.24, 2.45) is 4.99 Å². The predicted octanol–water partition coefficient (Wildman–Crippen LogP) is 2.74. The van der Waals surface area contributed by atoms with Gasteiger partial charge in [0, 0.05) is 26.2 Å². The van der Waals surface area contributed by atoms with Crippen molar-refractivity contribution in [3.05, 3.63) is 35.9 Å². The molecule has 2 rings (SSSR count). The normalized spacial score (nSPS) is 21.1. The molecule has 0 aliphatic heterocycles. The molecule has 1 aliphatic carbocycles. The number of carbonyl (C=O) groups excluding carboxylic acids is 1. The highest BCUT2D eigenvalue weighted by Crippen LogP contribution is 2.32. The molecule has 1 amide bonds. The quantitative estimate of drug-likeness (QED) is 0.638. The van der Waals surface area contributed by atoms with Crippen molar-refractivity contribution in [1.29, 1.82) is 0 Å². The first kappa shape index (κ1) is 19.3. The molecule has 0 aromatic heterocycles. The third-order valence-corrected chi connectivity index (χ3v) is 4.64. The molecule has 5 nitrogen and oxygen atoms in total. The molecule has 1 fully saturated rings. The first-order valence-electron chi connectivity index (χ1n) is 9.28. The Morgan fingerprint density at radius 2 is 1.80 bits per heavy atom. The first-order chi connectivity index (χ1) is 12.0. The number of hydrogen-bond donors (Lipinski definition) is 2. The summed E-state index contributed by atoms with van der Waals surface area (Å²) >= 11 is 0. The zero-order valence-corrected chi connectivity index (χ0v) is 16.0. The summed E-state index contributed by atoms with van der Waals surface area (Å²) in [7, 11) is 3.51.